The average Bonchev–Trinajstić information content (AvgIpc) is 2.65. The number of carbonyl (C=O) groups excluding carboxylic acids is 2. The third-order valence-electron chi connectivity index (χ3n) is 3.94. The van der Waals surface area contributed by atoms with Crippen LogP contribution in [0.15, 0.2) is 24.3 Å². The lowest BCUT2D eigenvalue weighted by atomic mass is 9.96. The Morgan fingerprint density at radius 3 is 2.44 bits per heavy atom. The lowest BCUT2D eigenvalue weighted by molar-refractivity contribution is -0.150. The highest BCUT2D eigenvalue weighted by molar-refractivity contribution is 5.96. The second kappa shape index (κ2) is 11.3. The van der Waals surface area contributed by atoms with E-state index in [-0.39, 0.29) is 5.91 Å². The second-order valence-corrected chi connectivity index (χ2v) is 6.38. The van der Waals surface area contributed by atoms with Gasteiger partial charge < -0.3 is 19.5 Å². The number of esters is 1. The van der Waals surface area contributed by atoms with E-state index in [0.29, 0.717) is 31.1 Å². The maximum absolute atomic E-state index is 12.3. The number of carbonyl (C=O) groups is 2. The summed E-state index contributed by atoms with van der Waals surface area (Å²) in [4.78, 5) is 24.3. The number of methoxy groups -OCH3 is 1. The lowest BCUT2D eigenvalue weighted by Gasteiger charge is -2.26. The molecule has 0 heterocycles. The molecule has 0 bridgehead atoms. The van der Waals surface area contributed by atoms with Gasteiger partial charge in [0.1, 0.15) is 5.54 Å². The van der Waals surface area contributed by atoms with Gasteiger partial charge in [0.15, 0.2) is 11.5 Å². The maximum atomic E-state index is 12.3. The molecule has 0 saturated heterocycles. The number of amides is 1. The van der Waals surface area contributed by atoms with E-state index in [9.17, 15) is 9.59 Å². The summed E-state index contributed by atoms with van der Waals surface area (Å²) in [7, 11) is 1.32. The van der Waals surface area contributed by atoms with E-state index in [2.05, 4.69) is 5.32 Å². The van der Waals surface area contributed by atoms with Crippen molar-refractivity contribution >= 4 is 18.0 Å². The van der Waals surface area contributed by atoms with Crippen molar-refractivity contribution in [2.75, 3.05) is 20.3 Å². The molecule has 0 fully saturated rings. The molecule has 1 N–H and O–H groups in total. The minimum absolute atomic E-state index is 0.361. The van der Waals surface area contributed by atoms with Gasteiger partial charge in [0, 0.05) is 6.08 Å². The zero-order valence-electron chi connectivity index (χ0n) is 17.0. The van der Waals surface area contributed by atoms with E-state index in [1.54, 1.807) is 13.0 Å². The molecule has 1 atom stereocenters. The number of nitrogens with one attached hydrogen (secondary N) is 1. The van der Waals surface area contributed by atoms with Crippen LogP contribution in [0, 0.1) is 0 Å². The Morgan fingerprint density at radius 1 is 1.11 bits per heavy atom. The smallest absolute Gasteiger partial charge is 0.331 e. The van der Waals surface area contributed by atoms with E-state index < -0.39 is 11.5 Å². The predicted octanol–water partition coefficient (Wildman–Crippen LogP) is 3.74. The van der Waals surface area contributed by atoms with Crippen molar-refractivity contribution in [1.82, 2.24) is 5.32 Å². The molecule has 1 aromatic rings. The molecule has 0 aliphatic carbocycles. The number of benzene rings is 1. The van der Waals surface area contributed by atoms with E-state index in [0.717, 1.165) is 18.4 Å². The van der Waals surface area contributed by atoms with Gasteiger partial charge in [0.2, 0.25) is 5.91 Å². The molecule has 150 valence electrons. The second-order valence-electron chi connectivity index (χ2n) is 6.38. The molecule has 0 aromatic heterocycles. The first-order chi connectivity index (χ1) is 12.9. The van der Waals surface area contributed by atoms with Crippen LogP contribution in [0.3, 0.4) is 0 Å². The first-order valence-corrected chi connectivity index (χ1v) is 9.38. The Bertz CT molecular complexity index is 656. The van der Waals surface area contributed by atoms with Crippen LogP contribution in [-0.4, -0.2) is 37.7 Å². The zero-order valence-corrected chi connectivity index (χ0v) is 17.0. The summed E-state index contributed by atoms with van der Waals surface area (Å²) in [6, 6.07) is 5.50. The summed E-state index contributed by atoms with van der Waals surface area (Å²) in [6.07, 6.45) is 5.22. The molecule has 6 nitrogen and oxygen atoms in total. The topological polar surface area (TPSA) is 73.9 Å². The number of hydrogen-bond acceptors (Lipinski definition) is 5. The molecule has 0 spiro atoms. The van der Waals surface area contributed by atoms with Gasteiger partial charge >= 0.3 is 5.97 Å². The van der Waals surface area contributed by atoms with Crippen molar-refractivity contribution in [3.05, 3.63) is 29.8 Å². The van der Waals surface area contributed by atoms with Crippen molar-refractivity contribution in [2.24, 2.45) is 0 Å². The summed E-state index contributed by atoms with van der Waals surface area (Å²) in [5, 5.41) is 2.74. The highest BCUT2D eigenvalue weighted by Gasteiger charge is 2.34. The minimum Gasteiger partial charge on any atom is -0.490 e. The molecule has 0 aliphatic rings. The lowest BCUT2D eigenvalue weighted by Crippen LogP contribution is -2.52. The molecule has 0 saturated carbocycles. The number of rotatable bonds is 11. The normalized spacial score (nSPS) is 13.1. The van der Waals surface area contributed by atoms with Gasteiger partial charge in [-0.05, 0) is 50.5 Å². The highest BCUT2D eigenvalue weighted by Crippen LogP contribution is 2.29. The molecular weight excluding hydrogens is 346 g/mol. The summed E-state index contributed by atoms with van der Waals surface area (Å²) >= 11 is 0. The van der Waals surface area contributed by atoms with E-state index in [1.807, 2.05) is 39.0 Å². The molecule has 0 radical (unpaired) electrons. The average molecular weight is 377 g/mol. The largest absolute Gasteiger partial charge is 0.490 e. The molecule has 1 amide bonds. The summed E-state index contributed by atoms with van der Waals surface area (Å²) in [5.74, 6) is 0.503. The monoisotopic (exact) mass is 377 g/mol. The van der Waals surface area contributed by atoms with Crippen LogP contribution in [0.2, 0.25) is 0 Å². The van der Waals surface area contributed by atoms with Gasteiger partial charge in [-0.15, -0.1) is 0 Å². The Hall–Kier alpha value is -2.50. The standard InChI is InChI=1S/C21H31NO5/c1-6-13-21(4,20(24)25-5)22-19(23)12-10-16-9-11-17(27-14-7-2)18(15-16)26-8-3/h9-12,15H,6-8,13-14H2,1-5H3,(H,22,23)/b12-10+. The van der Waals surface area contributed by atoms with Crippen LogP contribution in [0.25, 0.3) is 6.08 Å². The van der Waals surface area contributed by atoms with Crippen LogP contribution in [0.5, 0.6) is 11.5 Å². The maximum Gasteiger partial charge on any atom is 0.331 e. The van der Waals surface area contributed by atoms with Crippen LogP contribution in [0.1, 0.15) is 52.5 Å². The molecule has 6 heteroatoms. The quantitative estimate of drug-likeness (QED) is 0.470. The van der Waals surface area contributed by atoms with Crippen LogP contribution in [-0.2, 0) is 14.3 Å². The molecule has 27 heavy (non-hydrogen) atoms. The third-order valence-corrected chi connectivity index (χ3v) is 3.94. The number of ether oxygens (including phenoxy) is 3. The molecule has 1 rings (SSSR count). The zero-order chi connectivity index (χ0) is 20.3. The van der Waals surface area contributed by atoms with Crippen LogP contribution in [0.4, 0.5) is 0 Å². The number of hydrogen-bond donors (Lipinski definition) is 1. The highest BCUT2D eigenvalue weighted by atomic mass is 16.5. The van der Waals surface area contributed by atoms with E-state index >= 15 is 0 Å². The Balaban J connectivity index is 2.89. The van der Waals surface area contributed by atoms with Crippen LogP contribution < -0.4 is 14.8 Å². The first-order valence-electron chi connectivity index (χ1n) is 9.38. The fraction of sp³-hybridized carbons (Fsp3) is 0.524. The minimum atomic E-state index is -1.04. The van der Waals surface area contributed by atoms with E-state index in [4.69, 9.17) is 14.2 Å². The van der Waals surface area contributed by atoms with Gasteiger partial charge in [0.25, 0.3) is 0 Å². The van der Waals surface area contributed by atoms with Gasteiger partial charge in [-0.2, -0.15) is 0 Å². The predicted molar refractivity (Wildman–Crippen MR) is 106 cm³/mol. The van der Waals surface area contributed by atoms with Crippen molar-refractivity contribution in [2.45, 2.75) is 52.5 Å². The molecule has 1 unspecified atom stereocenters. The Morgan fingerprint density at radius 2 is 1.85 bits per heavy atom. The van der Waals surface area contributed by atoms with Crippen LogP contribution >= 0.6 is 0 Å². The van der Waals surface area contributed by atoms with Gasteiger partial charge in [0.05, 0.1) is 20.3 Å². The molecule has 1 aromatic carbocycles. The van der Waals surface area contributed by atoms with Crippen molar-refractivity contribution in [3.63, 3.8) is 0 Å². The Labute approximate surface area is 161 Å². The summed E-state index contributed by atoms with van der Waals surface area (Å²) in [5.41, 5.74) is -0.244. The SMILES string of the molecule is CCCOc1ccc(/C=C/C(=O)NC(C)(CCC)C(=O)OC)cc1OCC. The fourth-order valence-electron chi connectivity index (χ4n) is 2.65. The first kappa shape index (κ1) is 22.5. The van der Waals surface area contributed by atoms with Gasteiger partial charge in [-0.1, -0.05) is 26.3 Å². The van der Waals surface area contributed by atoms with Crippen molar-refractivity contribution < 1.29 is 23.8 Å². The molecule has 0 aliphatic heterocycles. The van der Waals surface area contributed by atoms with E-state index in [1.165, 1.54) is 13.2 Å². The summed E-state index contributed by atoms with van der Waals surface area (Å²) < 4.78 is 16.1. The third kappa shape index (κ3) is 6.96. The Kier molecular flexibility index (Phi) is 9.40. The van der Waals surface area contributed by atoms with Gasteiger partial charge in [-0.3, -0.25) is 4.79 Å². The van der Waals surface area contributed by atoms with Crippen molar-refractivity contribution in [3.8, 4) is 11.5 Å². The molecular formula is C21H31NO5. The van der Waals surface area contributed by atoms with Gasteiger partial charge in [-0.25, -0.2) is 4.79 Å². The fourth-order valence-corrected chi connectivity index (χ4v) is 2.65. The summed E-state index contributed by atoms with van der Waals surface area (Å²) in [6.45, 7) is 8.69. The van der Waals surface area contributed by atoms with Crippen molar-refractivity contribution in [1.29, 1.82) is 0 Å².